The van der Waals surface area contributed by atoms with Crippen LogP contribution in [-0.2, 0) is 11.2 Å². The molecule has 98 valence electrons. The van der Waals surface area contributed by atoms with Crippen LogP contribution in [0.5, 0.6) is 0 Å². The molecule has 1 aliphatic carbocycles. The highest BCUT2D eigenvalue weighted by molar-refractivity contribution is 5.85. The number of rotatable bonds is 6. The maximum Gasteiger partial charge on any atom is 0.230 e. The van der Waals surface area contributed by atoms with Gasteiger partial charge in [-0.3, -0.25) is 4.79 Å². The third kappa shape index (κ3) is 2.72. The Labute approximate surface area is 109 Å². The molecular formula is C15H22N2O. The molecule has 0 atom stereocenters. The van der Waals surface area contributed by atoms with Crippen molar-refractivity contribution in [1.29, 1.82) is 0 Å². The first-order valence-corrected chi connectivity index (χ1v) is 6.75. The van der Waals surface area contributed by atoms with Gasteiger partial charge in [0.2, 0.25) is 5.91 Å². The molecule has 0 aliphatic heterocycles. The van der Waals surface area contributed by atoms with Crippen LogP contribution in [0, 0.1) is 5.41 Å². The summed E-state index contributed by atoms with van der Waals surface area (Å²) in [4.78, 5) is 14.3. The van der Waals surface area contributed by atoms with E-state index in [1.165, 1.54) is 5.56 Å². The van der Waals surface area contributed by atoms with Crippen molar-refractivity contribution in [3.05, 3.63) is 35.9 Å². The van der Waals surface area contributed by atoms with Crippen molar-refractivity contribution in [1.82, 2.24) is 4.90 Å². The molecule has 1 aliphatic rings. The lowest BCUT2D eigenvalue weighted by molar-refractivity contribution is -0.136. The van der Waals surface area contributed by atoms with Crippen LogP contribution in [-0.4, -0.2) is 30.4 Å². The van der Waals surface area contributed by atoms with Crippen molar-refractivity contribution in [2.24, 2.45) is 11.1 Å². The summed E-state index contributed by atoms with van der Waals surface area (Å²) in [6.45, 7) is 4.09. The fourth-order valence-electron chi connectivity index (χ4n) is 2.30. The summed E-state index contributed by atoms with van der Waals surface area (Å²) >= 11 is 0. The number of nitrogens with two attached hydrogens (primary N) is 1. The first kappa shape index (κ1) is 13.1. The molecule has 0 saturated heterocycles. The van der Waals surface area contributed by atoms with E-state index >= 15 is 0 Å². The smallest absolute Gasteiger partial charge is 0.230 e. The number of hydrogen-bond donors (Lipinski definition) is 1. The zero-order valence-corrected chi connectivity index (χ0v) is 11.1. The zero-order chi connectivity index (χ0) is 13.0. The highest BCUT2D eigenvalue weighted by Gasteiger charge is 2.50. The van der Waals surface area contributed by atoms with Crippen LogP contribution in [0.25, 0.3) is 0 Å². The summed E-state index contributed by atoms with van der Waals surface area (Å²) in [5.41, 5.74) is 6.79. The summed E-state index contributed by atoms with van der Waals surface area (Å²) < 4.78 is 0. The third-order valence-electron chi connectivity index (χ3n) is 3.88. The van der Waals surface area contributed by atoms with Gasteiger partial charge < -0.3 is 10.6 Å². The van der Waals surface area contributed by atoms with Crippen LogP contribution in [0.1, 0.15) is 25.3 Å². The molecule has 0 spiro atoms. The Morgan fingerprint density at radius 3 is 2.50 bits per heavy atom. The summed E-state index contributed by atoms with van der Waals surface area (Å²) in [6.07, 6.45) is 2.84. The molecule has 0 aromatic heterocycles. The maximum absolute atomic E-state index is 12.4. The molecule has 3 heteroatoms. The van der Waals surface area contributed by atoms with Gasteiger partial charge in [0.25, 0.3) is 0 Å². The number of carbonyl (C=O) groups is 1. The molecule has 1 aromatic rings. The highest BCUT2D eigenvalue weighted by atomic mass is 16.2. The zero-order valence-electron chi connectivity index (χ0n) is 11.1. The fraction of sp³-hybridized carbons (Fsp3) is 0.533. The maximum atomic E-state index is 12.4. The van der Waals surface area contributed by atoms with Crippen LogP contribution in [0.2, 0.25) is 0 Å². The Bertz CT molecular complexity index is 398. The van der Waals surface area contributed by atoms with E-state index in [-0.39, 0.29) is 11.3 Å². The minimum Gasteiger partial charge on any atom is -0.342 e. The van der Waals surface area contributed by atoms with Gasteiger partial charge in [0.15, 0.2) is 0 Å². The van der Waals surface area contributed by atoms with Gasteiger partial charge in [0.1, 0.15) is 0 Å². The van der Waals surface area contributed by atoms with Crippen molar-refractivity contribution in [2.75, 3.05) is 19.6 Å². The molecule has 1 fully saturated rings. The summed E-state index contributed by atoms with van der Waals surface area (Å²) in [6, 6.07) is 10.3. The monoisotopic (exact) mass is 246 g/mol. The second kappa shape index (κ2) is 5.53. The van der Waals surface area contributed by atoms with Gasteiger partial charge in [-0.05, 0) is 31.7 Å². The Morgan fingerprint density at radius 2 is 2.00 bits per heavy atom. The van der Waals surface area contributed by atoms with Crippen LogP contribution < -0.4 is 5.73 Å². The first-order chi connectivity index (χ1) is 8.72. The minimum absolute atomic E-state index is 0.216. The molecule has 0 bridgehead atoms. The lowest BCUT2D eigenvalue weighted by Crippen LogP contribution is -2.41. The number of likely N-dealkylation sites (N-methyl/N-ethyl adjacent to an activating group) is 1. The molecule has 1 saturated carbocycles. The number of carbonyl (C=O) groups excluding carboxylic acids is 1. The van der Waals surface area contributed by atoms with Crippen molar-refractivity contribution in [3.8, 4) is 0 Å². The van der Waals surface area contributed by atoms with Gasteiger partial charge >= 0.3 is 0 Å². The predicted molar refractivity (Wildman–Crippen MR) is 73.1 cm³/mol. The largest absolute Gasteiger partial charge is 0.342 e. The van der Waals surface area contributed by atoms with Crippen molar-refractivity contribution in [2.45, 2.75) is 26.2 Å². The van der Waals surface area contributed by atoms with Crippen LogP contribution in [0.3, 0.4) is 0 Å². The van der Waals surface area contributed by atoms with E-state index in [0.29, 0.717) is 6.54 Å². The van der Waals surface area contributed by atoms with E-state index in [1.54, 1.807) is 0 Å². The molecule has 18 heavy (non-hydrogen) atoms. The predicted octanol–water partition coefficient (Wildman–Crippen LogP) is 1.82. The standard InChI is InChI=1S/C15H22N2O/c1-2-17(14(18)15(12-16)9-10-15)11-8-13-6-4-3-5-7-13/h3-7H,2,8-12,16H2,1H3. The second-order valence-electron chi connectivity index (χ2n) is 5.10. The van der Waals surface area contributed by atoms with Crippen molar-refractivity contribution >= 4 is 5.91 Å². The van der Waals surface area contributed by atoms with E-state index in [4.69, 9.17) is 5.73 Å². The number of amides is 1. The van der Waals surface area contributed by atoms with Crippen molar-refractivity contribution < 1.29 is 4.79 Å². The molecule has 1 amide bonds. The fourth-order valence-corrected chi connectivity index (χ4v) is 2.30. The van der Waals surface area contributed by atoms with Gasteiger partial charge in [-0.1, -0.05) is 30.3 Å². The number of hydrogen-bond acceptors (Lipinski definition) is 2. The lowest BCUT2D eigenvalue weighted by Gasteiger charge is -2.25. The Morgan fingerprint density at radius 1 is 1.33 bits per heavy atom. The van der Waals surface area contributed by atoms with E-state index < -0.39 is 0 Å². The summed E-state index contributed by atoms with van der Waals surface area (Å²) in [5, 5.41) is 0. The van der Waals surface area contributed by atoms with E-state index in [0.717, 1.165) is 32.4 Å². The Kier molecular flexibility index (Phi) is 4.02. The van der Waals surface area contributed by atoms with Gasteiger partial charge in [-0.2, -0.15) is 0 Å². The molecule has 0 radical (unpaired) electrons. The summed E-state index contributed by atoms with van der Waals surface area (Å²) in [7, 11) is 0. The number of benzene rings is 1. The van der Waals surface area contributed by atoms with Gasteiger partial charge in [0.05, 0.1) is 5.41 Å². The molecule has 2 N–H and O–H groups in total. The Hall–Kier alpha value is -1.35. The minimum atomic E-state index is -0.216. The molecular weight excluding hydrogens is 224 g/mol. The molecule has 0 heterocycles. The molecule has 3 nitrogen and oxygen atoms in total. The third-order valence-corrected chi connectivity index (χ3v) is 3.88. The van der Waals surface area contributed by atoms with Gasteiger partial charge in [-0.15, -0.1) is 0 Å². The molecule has 2 rings (SSSR count). The van der Waals surface area contributed by atoms with Crippen molar-refractivity contribution in [3.63, 3.8) is 0 Å². The second-order valence-corrected chi connectivity index (χ2v) is 5.10. The normalized spacial score (nSPS) is 16.3. The first-order valence-electron chi connectivity index (χ1n) is 6.75. The topological polar surface area (TPSA) is 46.3 Å². The van der Waals surface area contributed by atoms with Crippen LogP contribution >= 0.6 is 0 Å². The average Bonchev–Trinajstić information content (AvgIpc) is 3.21. The highest BCUT2D eigenvalue weighted by Crippen LogP contribution is 2.46. The van der Waals surface area contributed by atoms with E-state index in [2.05, 4.69) is 12.1 Å². The lowest BCUT2D eigenvalue weighted by atomic mass is 10.1. The molecule has 1 aromatic carbocycles. The SMILES string of the molecule is CCN(CCc1ccccc1)C(=O)C1(CN)CC1. The van der Waals surface area contributed by atoms with E-state index in [9.17, 15) is 4.79 Å². The number of nitrogens with zero attached hydrogens (tertiary/aromatic N) is 1. The van der Waals surface area contributed by atoms with Crippen LogP contribution in [0.4, 0.5) is 0 Å². The average molecular weight is 246 g/mol. The summed E-state index contributed by atoms with van der Waals surface area (Å²) in [5.74, 6) is 0.253. The van der Waals surface area contributed by atoms with Gasteiger partial charge in [-0.25, -0.2) is 0 Å². The van der Waals surface area contributed by atoms with Crippen LogP contribution in [0.15, 0.2) is 30.3 Å². The van der Waals surface area contributed by atoms with E-state index in [1.807, 2.05) is 30.0 Å². The quantitative estimate of drug-likeness (QED) is 0.832. The molecule has 0 unspecified atom stereocenters. The Balaban J connectivity index is 1.92. The van der Waals surface area contributed by atoms with Gasteiger partial charge in [0, 0.05) is 19.6 Å².